The number of hydrogen-bond donors (Lipinski definition) is 2. The minimum absolute atomic E-state index is 0.204. The van der Waals surface area contributed by atoms with Crippen molar-refractivity contribution < 1.29 is 19.4 Å². The smallest absolute Gasteiger partial charge is 0.341 e. The zero-order valence-electron chi connectivity index (χ0n) is 12.5. The van der Waals surface area contributed by atoms with E-state index < -0.39 is 12.6 Å². The molecule has 0 saturated heterocycles. The Bertz CT molecular complexity index is 470. The van der Waals surface area contributed by atoms with Crippen molar-refractivity contribution in [2.75, 3.05) is 25.0 Å². The molecule has 0 bridgehead atoms. The van der Waals surface area contributed by atoms with Gasteiger partial charge in [-0.1, -0.05) is 26.0 Å². The summed E-state index contributed by atoms with van der Waals surface area (Å²) >= 11 is 0. The summed E-state index contributed by atoms with van der Waals surface area (Å²) in [5, 5.41) is 11.4. The number of rotatable bonds is 8. The van der Waals surface area contributed by atoms with Gasteiger partial charge < -0.3 is 20.1 Å². The van der Waals surface area contributed by atoms with Gasteiger partial charge >= 0.3 is 12.0 Å². The van der Waals surface area contributed by atoms with E-state index in [1.807, 2.05) is 13.8 Å². The van der Waals surface area contributed by atoms with Crippen molar-refractivity contribution in [3.05, 3.63) is 24.3 Å². The second-order valence-corrected chi connectivity index (χ2v) is 4.60. The lowest BCUT2D eigenvalue weighted by Gasteiger charge is -2.22. The van der Waals surface area contributed by atoms with Gasteiger partial charge in [-0.2, -0.15) is 0 Å². The highest BCUT2D eigenvalue weighted by Gasteiger charge is 2.14. The zero-order valence-corrected chi connectivity index (χ0v) is 12.5. The van der Waals surface area contributed by atoms with E-state index in [0.29, 0.717) is 24.5 Å². The van der Waals surface area contributed by atoms with Gasteiger partial charge in [0.15, 0.2) is 6.61 Å². The van der Waals surface area contributed by atoms with E-state index in [1.165, 1.54) is 0 Å². The zero-order chi connectivity index (χ0) is 15.7. The van der Waals surface area contributed by atoms with Crippen LogP contribution in [0, 0.1) is 0 Å². The SMILES string of the molecule is CCCN(CCC)C(=O)Nc1ccccc1OCC(=O)O. The van der Waals surface area contributed by atoms with Gasteiger partial charge in [0.2, 0.25) is 0 Å². The molecule has 0 radical (unpaired) electrons. The molecule has 6 heteroatoms. The van der Waals surface area contributed by atoms with Gasteiger partial charge in [-0.05, 0) is 25.0 Å². The van der Waals surface area contributed by atoms with Crippen molar-refractivity contribution in [1.82, 2.24) is 4.90 Å². The van der Waals surface area contributed by atoms with Crippen LogP contribution in [0.4, 0.5) is 10.5 Å². The molecule has 0 aromatic heterocycles. The molecule has 0 aliphatic heterocycles. The average Bonchev–Trinajstić information content (AvgIpc) is 2.46. The number of anilines is 1. The van der Waals surface area contributed by atoms with Crippen molar-refractivity contribution in [1.29, 1.82) is 0 Å². The van der Waals surface area contributed by atoms with Crippen molar-refractivity contribution in [3.63, 3.8) is 0 Å². The number of para-hydroxylation sites is 2. The number of carboxylic acid groups (broad SMARTS) is 1. The highest BCUT2D eigenvalue weighted by Crippen LogP contribution is 2.24. The molecular formula is C15H22N2O4. The van der Waals surface area contributed by atoms with E-state index in [2.05, 4.69) is 5.32 Å². The van der Waals surface area contributed by atoms with Crippen LogP contribution in [0.5, 0.6) is 5.75 Å². The quantitative estimate of drug-likeness (QED) is 0.772. The lowest BCUT2D eigenvalue weighted by molar-refractivity contribution is -0.139. The molecule has 1 aromatic carbocycles. The Kier molecular flexibility index (Phi) is 7.08. The number of nitrogens with one attached hydrogen (secondary N) is 1. The lowest BCUT2D eigenvalue weighted by Crippen LogP contribution is -2.36. The van der Waals surface area contributed by atoms with Crippen LogP contribution in [0.25, 0.3) is 0 Å². The van der Waals surface area contributed by atoms with E-state index in [0.717, 1.165) is 12.8 Å². The van der Waals surface area contributed by atoms with Crippen molar-refractivity contribution in [2.24, 2.45) is 0 Å². The second-order valence-electron chi connectivity index (χ2n) is 4.60. The normalized spacial score (nSPS) is 10.0. The summed E-state index contributed by atoms with van der Waals surface area (Å²) < 4.78 is 5.17. The fourth-order valence-corrected chi connectivity index (χ4v) is 1.88. The maximum Gasteiger partial charge on any atom is 0.341 e. The minimum Gasteiger partial charge on any atom is -0.480 e. The van der Waals surface area contributed by atoms with Crippen LogP contribution in [-0.4, -0.2) is 41.7 Å². The van der Waals surface area contributed by atoms with Crippen molar-refractivity contribution in [3.8, 4) is 5.75 Å². The molecule has 0 heterocycles. The van der Waals surface area contributed by atoms with E-state index in [-0.39, 0.29) is 6.03 Å². The third-order valence-electron chi connectivity index (χ3n) is 2.75. The minimum atomic E-state index is -1.06. The topological polar surface area (TPSA) is 78.9 Å². The Morgan fingerprint density at radius 2 is 1.81 bits per heavy atom. The summed E-state index contributed by atoms with van der Waals surface area (Å²) in [5.74, 6) is -0.712. The van der Waals surface area contributed by atoms with Gasteiger partial charge in [0.25, 0.3) is 0 Å². The number of carbonyl (C=O) groups is 2. The fraction of sp³-hybridized carbons (Fsp3) is 0.467. The van der Waals surface area contributed by atoms with Crippen molar-refractivity contribution >= 4 is 17.7 Å². The van der Waals surface area contributed by atoms with Crippen LogP contribution < -0.4 is 10.1 Å². The first-order valence-corrected chi connectivity index (χ1v) is 7.08. The fourth-order valence-electron chi connectivity index (χ4n) is 1.88. The maximum absolute atomic E-state index is 12.2. The summed E-state index contributed by atoms with van der Waals surface area (Å²) in [4.78, 5) is 24.5. The third kappa shape index (κ3) is 5.72. The predicted molar refractivity (Wildman–Crippen MR) is 80.7 cm³/mol. The first-order valence-electron chi connectivity index (χ1n) is 7.08. The number of hydrogen-bond acceptors (Lipinski definition) is 3. The molecule has 1 aromatic rings. The number of amides is 2. The summed E-state index contributed by atoms with van der Waals surface area (Å²) in [7, 11) is 0. The molecule has 0 saturated carbocycles. The first-order chi connectivity index (χ1) is 10.1. The third-order valence-corrected chi connectivity index (χ3v) is 2.75. The first kappa shape index (κ1) is 16.8. The van der Waals surface area contributed by atoms with Crippen LogP contribution in [0.15, 0.2) is 24.3 Å². The van der Waals surface area contributed by atoms with Gasteiger partial charge in [0.1, 0.15) is 5.75 Å². The van der Waals surface area contributed by atoms with E-state index in [4.69, 9.17) is 9.84 Å². The van der Waals surface area contributed by atoms with Gasteiger partial charge in [-0.15, -0.1) is 0 Å². The highest BCUT2D eigenvalue weighted by atomic mass is 16.5. The molecule has 0 atom stereocenters. The van der Waals surface area contributed by atoms with Crippen LogP contribution in [0.3, 0.4) is 0 Å². The Labute approximate surface area is 124 Å². The van der Waals surface area contributed by atoms with Gasteiger partial charge in [0, 0.05) is 13.1 Å². The molecule has 21 heavy (non-hydrogen) atoms. The average molecular weight is 294 g/mol. The van der Waals surface area contributed by atoms with Gasteiger partial charge in [0.05, 0.1) is 5.69 Å². The number of urea groups is 1. The number of benzene rings is 1. The molecule has 1 rings (SSSR count). The number of ether oxygens (including phenoxy) is 1. The maximum atomic E-state index is 12.2. The second kappa shape index (κ2) is 8.84. The van der Waals surface area contributed by atoms with Crippen molar-refractivity contribution in [2.45, 2.75) is 26.7 Å². The van der Waals surface area contributed by atoms with Crippen LogP contribution in [-0.2, 0) is 4.79 Å². The molecule has 6 nitrogen and oxygen atoms in total. The van der Waals surface area contributed by atoms with Gasteiger partial charge in [-0.25, -0.2) is 9.59 Å². The van der Waals surface area contributed by atoms with Crippen LogP contribution >= 0.6 is 0 Å². The molecule has 0 aliphatic rings. The van der Waals surface area contributed by atoms with E-state index in [9.17, 15) is 9.59 Å². The van der Waals surface area contributed by atoms with Crippen LogP contribution in [0.2, 0.25) is 0 Å². The van der Waals surface area contributed by atoms with Gasteiger partial charge in [-0.3, -0.25) is 0 Å². The standard InChI is InChI=1S/C15H22N2O4/c1-3-9-17(10-4-2)15(20)16-12-7-5-6-8-13(12)21-11-14(18)19/h5-8H,3-4,9-11H2,1-2H3,(H,16,20)(H,18,19). The molecule has 2 N–H and O–H groups in total. The number of carboxylic acids is 1. The summed E-state index contributed by atoms with van der Waals surface area (Å²) in [6.45, 7) is 4.94. The Hall–Kier alpha value is -2.24. The summed E-state index contributed by atoms with van der Waals surface area (Å²) in [6, 6.07) is 6.59. The molecule has 116 valence electrons. The molecular weight excluding hydrogens is 272 g/mol. The highest BCUT2D eigenvalue weighted by molar-refractivity contribution is 5.91. The Morgan fingerprint density at radius 3 is 2.38 bits per heavy atom. The van der Waals surface area contributed by atoms with Crippen LogP contribution in [0.1, 0.15) is 26.7 Å². The lowest BCUT2D eigenvalue weighted by atomic mass is 10.3. The molecule has 0 unspecified atom stereocenters. The molecule has 0 aliphatic carbocycles. The number of aliphatic carboxylic acids is 1. The molecule has 2 amide bonds. The predicted octanol–water partition coefficient (Wildman–Crippen LogP) is 2.80. The summed E-state index contributed by atoms with van der Waals surface area (Å²) in [6.07, 6.45) is 1.76. The number of nitrogens with zero attached hydrogens (tertiary/aromatic N) is 1. The van der Waals surface area contributed by atoms with E-state index >= 15 is 0 Å². The van der Waals surface area contributed by atoms with E-state index in [1.54, 1.807) is 29.2 Å². The largest absolute Gasteiger partial charge is 0.480 e. The molecule has 0 fully saturated rings. The monoisotopic (exact) mass is 294 g/mol. The Balaban J connectivity index is 2.76. The Morgan fingerprint density at radius 1 is 1.19 bits per heavy atom. The molecule has 0 spiro atoms. The summed E-state index contributed by atoms with van der Waals surface area (Å²) in [5.41, 5.74) is 0.473. The number of carbonyl (C=O) groups excluding carboxylic acids is 1.